The minimum Gasteiger partial charge on any atom is -0.493 e. The van der Waals surface area contributed by atoms with Gasteiger partial charge in [0.1, 0.15) is 5.75 Å². The molecule has 2 aliphatic rings. The standard InChI is InChI=1S/C27H40O4/c1-19-21(13-12-20-16-22(28)18-23(29)17-20)8-6-10-24(19)25-9-4-5-11-26(25)31-15-7-14-27(2,3)30/h4-5,9,11-13,19,22-24,28-30H,6-8,10,14-18H2,1-3H3/b21-13+/t19-,22+,23+,24-/m0/s1. The Morgan fingerprint density at radius 3 is 2.52 bits per heavy atom. The van der Waals surface area contributed by atoms with E-state index < -0.39 is 17.8 Å². The minimum atomic E-state index is -0.653. The second kappa shape index (κ2) is 10.8. The predicted octanol–water partition coefficient (Wildman–Crippen LogP) is 5.28. The fourth-order valence-corrected chi connectivity index (χ4v) is 5.06. The summed E-state index contributed by atoms with van der Waals surface area (Å²) in [5.41, 5.74) is 3.21. The van der Waals surface area contributed by atoms with E-state index >= 15 is 0 Å². The zero-order valence-electron chi connectivity index (χ0n) is 19.4. The first-order valence-corrected chi connectivity index (χ1v) is 11.9. The van der Waals surface area contributed by atoms with Crippen molar-refractivity contribution in [2.75, 3.05) is 6.61 Å². The number of rotatable bonds is 7. The van der Waals surface area contributed by atoms with Crippen molar-refractivity contribution < 1.29 is 20.1 Å². The van der Waals surface area contributed by atoms with Gasteiger partial charge in [0.05, 0.1) is 24.4 Å². The van der Waals surface area contributed by atoms with Crippen LogP contribution in [0.1, 0.15) is 83.6 Å². The molecule has 0 aliphatic heterocycles. The van der Waals surface area contributed by atoms with E-state index in [9.17, 15) is 15.3 Å². The molecule has 0 heterocycles. The Balaban J connectivity index is 1.69. The lowest BCUT2D eigenvalue weighted by Crippen LogP contribution is -2.24. The maximum atomic E-state index is 9.94. The predicted molar refractivity (Wildman–Crippen MR) is 125 cm³/mol. The van der Waals surface area contributed by atoms with Crippen molar-refractivity contribution in [2.45, 2.75) is 95.9 Å². The molecule has 3 rings (SSSR count). The number of aliphatic hydroxyl groups excluding tert-OH is 2. The lowest BCUT2D eigenvalue weighted by molar-refractivity contribution is 0.0608. The largest absolute Gasteiger partial charge is 0.493 e. The number of ether oxygens (including phenoxy) is 1. The maximum absolute atomic E-state index is 9.94. The number of benzene rings is 1. The van der Waals surface area contributed by atoms with Crippen LogP contribution in [0, 0.1) is 5.92 Å². The fraction of sp³-hybridized carbons (Fsp3) is 0.630. The van der Waals surface area contributed by atoms with Crippen molar-refractivity contribution in [3.05, 3.63) is 53.1 Å². The topological polar surface area (TPSA) is 69.9 Å². The van der Waals surface area contributed by atoms with Crippen molar-refractivity contribution in [3.8, 4) is 5.75 Å². The Hall–Kier alpha value is -1.62. The normalized spacial score (nSPS) is 28.6. The number of para-hydroxylation sites is 1. The molecular weight excluding hydrogens is 388 g/mol. The first-order valence-electron chi connectivity index (χ1n) is 11.9. The van der Waals surface area contributed by atoms with Crippen LogP contribution in [0.15, 0.2) is 47.6 Å². The zero-order chi connectivity index (χ0) is 22.4. The highest BCUT2D eigenvalue weighted by molar-refractivity contribution is 5.39. The van der Waals surface area contributed by atoms with Gasteiger partial charge < -0.3 is 20.1 Å². The first-order chi connectivity index (χ1) is 14.7. The van der Waals surface area contributed by atoms with Crippen LogP contribution in [-0.4, -0.2) is 39.7 Å². The molecule has 0 unspecified atom stereocenters. The second-order valence-corrected chi connectivity index (χ2v) is 10.1. The number of hydrogen-bond donors (Lipinski definition) is 3. The lowest BCUT2D eigenvalue weighted by atomic mass is 9.73. The summed E-state index contributed by atoms with van der Waals surface area (Å²) in [6, 6.07) is 8.39. The van der Waals surface area contributed by atoms with Crippen molar-refractivity contribution >= 4 is 0 Å². The molecule has 0 aromatic heterocycles. The number of aliphatic hydroxyl groups is 3. The molecule has 172 valence electrons. The van der Waals surface area contributed by atoms with E-state index in [1.54, 1.807) is 0 Å². The van der Waals surface area contributed by atoms with Crippen LogP contribution < -0.4 is 4.74 Å². The minimum absolute atomic E-state index is 0.421. The van der Waals surface area contributed by atoms with E-state index in [-0.39, 0.29) is 0 Å². The summed E-state index contributed by atoms with van der Waals surface area (Å²) in [5.74, 6) is 1.81. The molecule has 1 aromatic carbocycles. The fourth-order valence-electron chi connectivity index (χ4n) is 5.06. The monoisotopic (exact) mass is 428 g/mol. The lowest BCUT2D eigenvalue weighted by Gasteiger charge is -2.33. The van der Waals surface area contributed by atoms with Crippen LogP contribution in [0.25, 0.3) is 0 Å². The van der Waals surface area contributed by atoms with Crippen molar-refractivity contribution in [3.63, 3.8) is 0 Å². The summed E-state index contributed by atoms with van der Waals surface area (Å²) in [5, 5.41) is 29.8. The van der Waals surface area contributed by atoms with Gasteiger partial charge in [-0.25, -0.2) is 0 Å². The summed E-state index contributed by atoms with van der Waals surface area (Å²) >= 11 is 0. The van der Waals surface area contributed by atoms with E-state index in [4.69, 9.17) is 4.74 Å². The van der Waals surface area contributed by atoms with Gasteiger partial charge in [-0.1, -0.05) is 48.4 Å². The van der Waals surface area contributed by atoms with Gasteiger partial charge in [0.15, 0.2) is 0 Å². The molecule has 0 spiro atoms. The molecule has 0 bridgehead atoms. The third kappa shape index (κ3) is 7.20. The van der Waals surface area contributed by atoms with Gasteiger partial charge in [-0.2, -0.15) is 0 Å². The van der Waals surface area contributed by atoms with Gasteiger partial charge in [-0.15, -0.1) is 0 Å². The molecule has 2 aliphatic carbocycles. The van der Waals surface area contributed by atoms with Crippen LogP contribution in [-0.2, 0) is 0 Å². The average molecular weight is 429 g/mol. The van der Waals surface area contributed by atoms with Gasteiger partial charge in [-0.3, -0.25) is 0 Å². The maximum Gasteiger partial charge on any atom is 0.122 e. The zero-order valence-corrected chi connectivity index (χ0v) is 19.4. The third-order valence-electron chi connectivity index (χ3n) is 6.75. The molecule has 2 fully saturated rings. The Labute approximate surface area is 187 Å². The van der Waals surface area contributed by atoms with Crippen LogP contribution in [0.5, 0.6) is 5.75 Å². The Morgan fingerprint density at radius 2 is 1.81 bits per heavy atom. The van der Waals surface area contributed by atoms with Crippen LogP contribution >= 0.6 is 0 Å². The summed E-state index contributed by atoms with van der Waals surface area (Å²) in [7, 11) is 0. The molecule has 4 heteroatoms. The van der Waals surface area contributed by atoms with E-state index in [1.165, 1.54) is 11.1 Å². The Kier molecular flexibility index (Phi) is 8.37. The van der Waals surface area contributed by atoms with Gasteiger partial charge in [0.2, 0.25) is 0 Å². The molecule has 31 heavy (non-hydrogen) atoms. The summed E-state index contributed by atoms with van der Waals surface area (Å²) in [6.45, 7) is 6.59. The first kappa shape index (κ1) is 24.0. The highest BCUT2D eigenvalue weighted by atomic mass is 16.5. The van der Waals surface area contributed by atoms with Gasteiger partial charge in [0.25, 0.3) is 0 Å². The van der Waals surface area contributed by atoms with Crippen molar-refractivity contribution in [2.24, 2.45) is 5.92 Å². The van der Waals surface area contributed by atoms with Gasteiger partial charge >= 0.3 is 0 Å². The average Bonchev–Trinajstić information content (AvgIpc) is 2.69. The molecule has 3 N–H and O–H groups in total. The van der Waals surface area contributed by atoms with E-state index in [1.807, 2.05) is 19.9 Å². The smallest absolute Gasteiger partial charge is 0.122 e. The van der Waals surface area contributed by atoms with E-state index in [2.05, 4.69) is 37.3 Å². The second-order valence-electron chi connectivity index (χ2n) is 10.1. The molecule has 0 amide bonds. The molecular formula is C27H40O4. The number of allylic oxidation sites excluding steroid dienone is 3. The number of hydrogen-bond acceptors (Lipinski definition) is 4. The van der Waals surface area contributed by atoms with Crippen molar-refractivity contribution in [1.29, 1.82) is 0 Å². The molecule has 0 radical (unpaired) electrons. The van der Waals surface area contributed by atoms with Crippen LogP contribution in [0.4, 0.5) is 0 Å². The molecule has 2 saturated carbocycles. The van der Waals surface area contributed by atoms with Gasteiger partial charge in [0, 0.05) is 0 Å². The quantitative estimate of drug-likeness (QED) is 0.517. The third-order valence-corrected chi connectivity index (χ3v) is 6.75. The Morgan fingerprint density at radius 1 is 1.10 bits per heavy atom. The molecule has 4 atom stereocenters. The highest BCUT2D eigenvalue weighted by Gasteiger charge is 2.29. The summed E-state index contributed by atoms with van der Waals surface area (Å²) in [6.07, 6.45) is 10.3. The molecule has 4 nitrogen and oxygen atoms in total. The van der Waals surface area contributed by atoms with Gasteiger partial charge in [-0.05, 0) is 88.7 Å². The molecule has 0 saturated heterocycles. The highest BCUT2D eigenvalue weighted by Crippen LogP contribution is 2.44. The van der Waals surface area contributed by atoms with E-state index in [0.29, 0.717) is 37.7 Å². The summed E-state index contributed by atoms with van der Waals surface area (Å²) < 4.78 is 6.15. The van der Waals surface area contributed by atoms with Crippen molar-refractivity contribution in [1.82, 2.24) is 0 Å². The Bertz CT molecular complexity index is 762. The SMILES string of the molecule is C[C@H]1/C(=C/C=C2C[C@@H](O)C[C@H](O)C2)CCC[C@@H]1c1ccccc1OCCCC(C)(C)O. The van der Waals surface area contributed by atoms with E-state index in [0.717, 1.165) is 43.4 Å². The molecule has 1 aromatic rings. The van der Waals surface area contributed by atoms with Crippen LogP contribution in [0.2, 0.25) is 0 Å². The summed E-state index contributed by atoms with van der Waals surface area (Å²) in [4.78, 5) is 0. The van der Waals surface area contributed by atoms with Crippen LogP contribution in [0.3, 0.4) is 0 Å².